The third-order valence-electron chi connectivity index (χ3n) is 4.24. The molecule has 0 spiro atoms. The van der Waals surface area contributed by atoms with E-state index in [0.717, 1.165) is 12.2 Å². The maximum absolute atomic E-state index is 12.6. The minimum absolute atomic E-state index is 0.0358. The summed E-state index contributed by atoms with van der Waals surface area (Å²) >= 11 is 0.534. The van der Waals surface area contributed by atoms with Gasteiger partial charge in [-0.15, -0.1) is 10.2 Å². The van der Waals surface area contributed by atoms with Crippen LogP contribution in [0.5, 0.6) is 0 Å². The molecule has 2 aromatic heterocycles. The van der Waals surface area contributed by atoms with E-state index >= 15 is 0 Å². The molecule has 0 unspecified atom stereocenters. The number of hydrogen-bond acceptors (Lipinski definition) is 6. The standard InChI is InChI=1S/C15H19F3N6OS/c1-2-11-19-4-6-22(11)5-3-12(25)23-7-9-24(10-8-23)14-21-20-13(26-14)15(16,17)18/h4,6H,2-3,5,7-10H2,1H3. The first-order chi connectivity index (χ1) is 12.4. The van der Waals surface area contributed by atoms with Gasteiger partial charge in [0.2, 0.25) is 16.0 Å². The number of anilines is 1. The van der Waals surface area contributed by atoms with Crippen LogP contribution in [-0.2, 0) is 23.9 Å². The Morgan fingerprint density at radius 3 is 2.58 bits per heavy atom. The van der Waals surface area contributed by atoms with Crippen LogP contribution in [0.3, 0.4) is 0 Å². The van der Waals surface area contributed by atoms with Crippen LogP contribution < -0.4 is 4.90 Å². The quantitative estimate of drug-likeness (QED) is 0.784. The van der Waals surface area contributed by atoms with Gasteiger partial charge in [0.25, 0.3) is 0 Å². The van der Waals surface area contributed by atoms with E-state index in [1.165, 1.54) is 0 Å². The summed E-state index contributed by atoms with van der Waals surface area (Å²) in [4.78, 5) is 20.1. The number of imidazole rings is 1. The van der Waals surface area contributed by atoms with Gasteiger partial charge in [-0.2, -0.15) is 13.2 Å². The fraction of sp³-hybridized carbons (Fsp3) is 0.600. The second kappa shape index (κ2) is 7.60. The van der Waals surface area contributed by atoms with Gasteiger partial charge in [-0.05, 0) is 0 Å². The Morgan fingerprint density at radius 2 is 1.96 bits per heavy atom. The third kappa shape index (κ3) is 4.14. The van der Waals surface area contributed by atoms with E-state index in [0.29, 0.717) is 50.5 Å². The van der Waals surface area contributed by atoms with E-state index in [4.69, 9.17) is 0 Å². The van der Waals surface area contributed by atoms with Crippen LogP contribution >= 0.6 is 11.3 Å². The highest BCUT2D eigenvalue weighted by molar-refractivity contribution is 7.15. The zero-order chi connectivity index (χ0) is 18.7. The number of carbonyl (C=O) groups is 1. The summed E-state index contributed by atoms with van der Waals surface area (Å²) in [5, 5.41) is 6.13. The van der Waals surface area contributed by atoms with E-state index in [1.54, 1.807) is 16.0 Å². The van der Waals surface area contributed by atoms with Crippen molar-refractivity contribution in [1.82, 2.24) is 24.6 Å². The van der Waals surface area contributed by atoms with E-state index in [9.17, 15) is 18.0 Å². The topological polar surface area (TPSA) is 67.2 Å². The fourth-order valence-corrected chi connectivity index (χ4v) is 3.60. The number of aromatic nitrogens is 4. The van der Waals surface area contributed by atoms with Crippen LogP contribution in [0.15, 0.2) is 12.4 Å². The Balaban J connectivity index is 1.50. The van der Waals surface area contributed by atoms with Crippen molar-refractivity contribution < 1.29 is 18.0 Å². The van der Waals surface area contributed by atoms with Gasteiger partial charge in [0.1, 0.15) is 5.82 Å². The fourth-order valence-electron chi connectivity index (χ4n) is 2.84. The number of rotatable bonds is 5. The SMILES string of the molecule is CCc1nccn1CCC(=O)N1CCN(c2nnc(C(F)(F)F)s2)CC1. The average Bonchev–Trinajstić information content (AvgIpc) is 3.28. The lowest BCUT2D eigenvalue weighted by Crippen LogP contribution is -2.49. The second-order valence-electron chi connectivity index (χ2n) is 5.90. The molecule has 2 aromatic rings. The van der Waals surface area contributed by atoms with Gasteiger partial charge in [0, 0.05) is 58.0 Å². The first-order valence-electron chi connectivity index (χ1n) is 8.32. The van der Waals surface area contributed by atoms with Gasteiger partial charge in [-0.1, -0.05) is 18.3 Å². The van der Waals surface area contributed by atoms with E-state index in [1.807, 2.05) is 17.7 Å². The van der Waals surface area contributed by atoms with Crippen molar-refractivity contribution in [2.24, 2.45) is 0 Å². The molecule has 0 saturated carbocycles. The molecule has 0 N–H and O–H groups in total. The van der Waals surface area contributed by atoms with Crippen molar-refractivity contribution in [3.05, 3.63) is 23.2 Å². The predicted molar refractivity (Wildman–Crippen MR) is 89.9 cm³/mol. The molecule has 3 rings (SSSR count). The number of amides is 1. The highest BCUT2D eigenvalue weighted by atomic mass is 32.1. The molecule has 1 aliphatic rings. The lowest BCUT2D eigenvalue weighted by atomic mass is 10.3. The van der Waals surface area contributed by atoms with Gasteiger partial charge in [-0.25, -0.2) is 4.98 Å². The number of piperazine rings is 1. The van der Waals surface area contributed by atoms with Crippen molar-refractivity contribution in [2.75, 3.05) is 31.1 Å². The molecule has 0 radical (unpaired) electrons. The second-order valence-corrected chi connectivity index (χ2v) is 6.85. The molecule has 0 atom stereocenters. The van der Waals surface area contributed by atoms with Crippen molar-refractivity contribution in [3.63, 3.8) is 0 Å². The Hall–Kier alpha value is -2.17. The number of alkyl halides is 3. The minimum Gasteiger partial charge on any atom is -0.343 e. The van der Waals surface area contributed by atoms with Crippen molar-refractivity contribution in [3.8, 4) is 0 Å². The monoisotopic (exact) mass is 388 g/mol. The molecule has 1 amide bonds. The van der Waals surface area contributed by atoms with Crippen LogP contribution in [-0.4, -0.2) is 56.7 Å². The number of halogens is 3. The molecule has 1 aliphatic heterocycles. The molecule has 1 fully saturated rings. The number of hydrogen-bond donors (Lipinski definition) is 0. The Bertz CT molecular complexity index is 751. The number of carbonyl (C=O) groups excluding carboxylic acids is 1. The van der Waals surface area contributed by atoms with Crippen LogP contribution in [0, 0.1) is 0 Å². The van der Waals surface area contributed by atoms with Crippen LogP contribution in [0.1, 0.15) is 24.2 Å². The summed E-state index contributed by atoms with van der Waals surface area (Å²) in [5.74, 6) is 0.980. The Morgan fingerprint density at radius 1 is 1.23 bits per heavy atom. The molecular formula is C15H19F3N6OS. The molecule has 3 heterocycles. The summed E-state index contributed by atoms with van der Waals surface area (Å²) < 4.78 is 39.8. The average molecular weight is 388 g/mol. The lowest BCUT2D eigenvalue weighted by Gasteiger charge is -2.34. The minimum atomic E-state index is -4.47. The molecule has 0 aromatic carbocycles. The Kier molecular flexibility index (Phi) is 5.44. The first kappa shape index (κ1) is 18.6. The van der Waals surface area contributed by atoms with Gasteiger partial charge in [-0.3, -0.25) is 4.79 Å². The molecule has 142 valence electrons. The van der Waals surface area contributed by atoms with E-state index < -0.39 is 11.2 Å². The van der Waals surface area contributed by atoms with Crippen molar-refractivity contribution in [2.45, 2.75) is 32.5 Å². The molecule has 0 bridgehead atoms. The zero-order valence-electron chi connectivity index (χ0n) is 14.2. The molecule has 1 saturated heterocycles. The first-order valence-corrected chi connectivity index (χ1v) is 9.13. The zero-order valence-corrected chi connectivity index (χ0v) is 15.1. The maximum Gasteiger partial charge on any atom is 0.445 e. The van der Waals surface area contributed by atoms with Crippen molar-refractivity contribution >= 4 is 22.4 Å². The van der Waals surface area contributed by atoms with E-state index in [2.05, 4.69) is 15.2 Å². The largest absolute Gasteiger partial charge is 0.445 e. The Labute approximate surface area is 152 Å². The maximum atomic E-state index is 12.6. The summed E-state index contributed by atoms with van der Waals surface area (Å²) in [5.41, 5.74) is 0. The molecule has 0 aliphatic carbocycles. The van der Waals surface area contributed by atoms with E-state index in [-0.39, 0.29) is 11.0 Å². The van der Waals surface area contributed by atoms with Gasteiger partial charge >= 0.3 is 6.18 Å². The smallest absolute Gasteiger partial charge is 0.343 e. The predicted octanol–water partition coefficient (Wildman–Crippen LogP) is 2.05. The highest BCUT2D eigenvalue weighted by Crippen LogP contribution is 2.34. The molecule has 11 heteroatoms. The van der Waals surface area contributed by atoms with Gasteiger partial charge < -0.3 is 14.4 Å². The third-order valence-corrected chi connectivity index (χ3v) is 5.27. The summed E-state index contributed by atoms with van der Waals surface area (Å²) in [7, 11) is 0. The van der Waals surface area contributed by atoms with Crippen molar-refractivity contribution in [1.29, 1.82) is 0 Å². The molecule has 7 nitrogen and oxygen atoms in total. The summed E-state index contributed by atoms with van der Waals surface area (Å²) in [6.45, 7) is 4.41. The normalized spacial score (nSPS) is 15.5. The highest BCUT2D eigenvalue weighted by Gasteiger charge is 2.36. The number of nitrogens with zero attached hydrogens (tertiary/aromatic N) is 6. The van der Waals surface area contributed by atoms with Crippen LogP contribution in [0.2, 0.25) is 0 Å². The van der Waals surface area contributed by atoms with Crippen LogP contribution in [0.25, 0.3) is 0 Å². The number of aryl methyl sites for hydroxylation is 2. The van der Waals surface area contributed by atoms with Gasteiger partial charge in [0.05, 0.1) is 0 Å². The molecule has 26 heavy (non-hydrogen) atoms. The summed E-state index contributed by atoms with van der Waals surface area (Å²) in [6.07, 6.45) is 0.289. The van der Waals surface area contributed by atoms with Gasteiger partial charge in [0.15, 0.2) is 0 Å². The van der Waals surface area contributed by atoms with Crippen LogP contribution in [0.4, 0.5) is 18.3 Å². The lowest BCUT2D eigenvalue weighted by molar-refractivity contribution is -0.138. The summed E-state index contributed by atoms with van der Waals surface area (Å²) in [6, 6.07) is 0. The molecular weight excluding hydrogens is 369 g/mol.